The lowest BCUT2D eigenvalue weighted by Crippen LogP contribution is -2.25. The Kier molecular flexibility index (Phi) is 3.68. The van der Waals surface area contributed by atoms with E-state index in [9.17, 15) is 8.42 Å². The summed E-state index contributed by atoms with van der Waals surface area (Å²) in [5.74, 6) is 0.0237. The molecule has 0 aliphatic carbocycles. The number of hydrogen-bond donors (Lipinski definition) is 0. The van der Waals surface area contributed by atoms with Gasteiger partial charge in [0.05, 0.1) is 12.1 Å². The molecule has 1 aromatic rings. The first kappa shape index (κ1) is 13.0. The fraction of sp³-hybridized carbons (Fsp3) is 0.273. The monoisotopic (exact) mass is 285 g/mol. The van der Waals surface area contributed by atoms with Gasteiger partial charge < -0.3 is 4.90 Å². The van der Waals surface area contributed by atoms with Crippen molar-refractivity contribution in [2.45, 2.75) is 5.75 Å². The van der Waals surface area contributed by atoms with Crippen molar-refractivity contribution in [3.05, 3.63) is 29.8 Å². The van der Waals surface area contributed by atoms with E-state index in [-0.39, 0.29) is 11.0 Å². The van der Waals surface area contributed by atoms with Crippen LogP contribution in [0.3, 0.4) is 0 Å². The highest BCUT2D eigenvalue weighted by molar-refractivity contribution is 7.89. The molecule has 5 nitrogen and oxygen atoms in total. The van der Waals surface area contributed by atoms with Crippen LogP contribution in [0.2, 0.25) is 0 Å². The smallest absolute Gasteiger partial charge is 0.220 e. The molecule has 0 amide bonds. The van der Waals surface area contributed by atoms with Crippen LogP contribution < -0.4 is 4.90 Å². The average molecular weight is 286 g/mol. The summed E-state index contributed by atoms with van der Waals surface area (Å²) in [5.41, 5.74) is 1.58. The van der Waals surface area contributed by atoms with Gasteiger partial charge in [-0.15, -0.1) is 0 Å². The van der Waals surface area contributed by atoms with Crippen molar-refractivity contribution < 1.29 is 8.42 Å². The highest BCUT2D eigenvalue weighted by Crippen LogP contribution is 2.18. The van der Waals surface area contributed by atoms with Crippen molar-refractivity contribution in [2.24, 2.45) is 9.98 Å². The number of nitrogens with zero attached hydrogens (tertiary/aromatic N) is 3. The predicted molar refractivity (Wildman–Crippen MR) is 74.1 cm³/mol. The van der Waals surface area contributed by atoms with Gasteiger partial charge in [0.2, 0.25) is 5.29 Å². The summed E-state index contributed by atoms with van der Waals surface area (Å²) in [5, 5.41) is 0.221. The Morgan fingerprint density at radius 2 is 2.22 bits per heavy atom. The molecule has 0 saturated carbocycles. The van der Waals surface area contributed by atoms with E-state index in [2.05, 4.69) is 9.98 Å². The molecule has 0 saturated heterocycles. The Balaban J connectivity index is 2.21. The number of rotatable bonds is 3. The molecule has 0 N–H and O–H groups in total. The Morgan fingerprint density at radius 3 is 2.83 bits per heavy atom. The lowest BCUT2D eigenvalue weighted by molar-refractivity contribution is 0.601. The van der Waals surface area contributed by atoms with E-state index in [4.69, 9.17) is 11.6 Å². The summed E-state index contributed by atoms with van der Waals surface area (Å²) in [4.78, 5) is 9.66. The zero-order valence-corrected chi connectivity index (χ0v) is 11.3. The Labute approximate surface area is 111 Å². The number of hydrogen-bond acceptors (Lipinski definition) is 5. The molecule has 0 bridgehead atoms. The normalized spacial score (nSPS) is 15.7. The standard InChI is InChI=1S/C11H12ClN3O2S/c1-18(16,17)6-9-3-2-4-10(5-9)15-7-13-11(12)14-8-15/h2-5,7H,6,8H2,1H3. The quantitative estimate of drug-likeness (QED) is 0.793. The van der Waals surface area contributed by atoms with E-state index in [1.807, 2.05) is 18.2 Å². The minimum Gasteiger partial charge on any atom is -0.312 e. The second-order valence-corrected chi connectivity index (χ2v) is 6.50. The molecule has 0 radical (unpaired) electrons. The topological polar surface area (TPSA) is 62.1 Å². The summed E-state index contributed by atoms with van der Waals surface area (Å²) in [6.07, 6.45) is 2.79. The fourth-order valence-electron chi connectivity index (χ4n) is 1.61. The summed E-state index contributed by atoms with van der Waals surface area (Å²) < 4.78 is 22.5. The number of halogens is 1. The maximum absolute atomic E-state index is 11.3. The molecule has 0 unspecified atom stereocenters. The van der Waals surface area contributed by atoms with Crippen LogP contribution >= 0.6 is 11.6 Å². The van der Waals surface area contributed by atoms with Gasteiger partial charge in [-0.2, -0.15) is 0 Å². The lowest BCUT2D eigenvalue weighted by Gasteiger charge is -2.20. The molecule has 0 aromatic heterocycles. The molecule has 18 heavy (non-hydrogen) atoms. The van der Waals surface area contributed by atoms with E-state index < -0.39 is 9.84 Å². The van der Waals surface area contributed by atoms with Crippen molar-refractivity contribution in [3.8, 4) is 0 Å². The molecule has 2 rings (SSSR count). The highest BCUT2D eigenvalue weighted by Gasteiger charge is 2.10. The van der Waals surface area contributed by atoms with Crippen LogP contribution in [0.15, 0.2) is 34.3 Å². The third-order valence-electron chi connectivity index (χ3n) is 2.33. The highest BCUT2D eigenvalue weighted by atomic mass is 35.5. The Morgan fingerprint density at radius 1 is 1.44 bits per heavy atom. The molecule has 0 spiro atoms. The third-order valence-corrected chi connectivity index (χ3v) is 3.40. The summed E-state index contributed by atoms with van der Waals surface area (Å²) in [6.45, 7) is 0.380. The molecule has 0 atom stereocenters. The van der Waals surface area contributed by atoms with Gasteiger partial charge >= 0.3 is 0 Å². The van der Waals surface area contributed by atoms with Crippen molar-refractivity contribution in [1.29, 1.82) is 0 Å². The number of anilines is 1. The molecule has 1 aliphatic heterocycles. The molecule has 1 heterocycles. The molecular formula is C11H12ClN3O2S. The largest absolute Gasteiger partial charge is 0.312 e. The molecule has 1 aromatic carbocycles. The Hall–Kier alpha value is -1.40. The number of benzene rings is 1. The maximum atomic E-state index is 11.3. The van der Waals surface area contributed by atoms with Gasteiger partial charge in [-0.3, -0.25) is 0 Å². The summed E-state index contributed by atoms with van der Waals surface area (Å²) in [6, 6.07) is 7.26. The van der Waals surface area contributed by atoms with Gasteiger partial charge in [0, 0.05) is 11.9 Å². The van der Waals surface area contributed by atoms with Crippen LogP contribution in [-0.2, 0) is 15.6 Å². The number of sulfone groups is 1. The maximum Gasteiger partial charge on any atom is 0.220 e. The van der Waals surface area contributed by atoms with Crippen LogP contribution in [0.25, 0.3) is 0 Å². The van der Waals surface area contributed by atoms with Gasteiger partial charge in [0.1, 0.15) is 6.67 Å². The fourth-order valence-corrected chi connectivity index (χ4v) is 2.49. The second kappa shape index (κ2) is 5.07. The first-order valence-electron chi connectivity index (χ1n) is 5.21. The molecule has 7 heteroatoms. The molecular weight excluding hydrogens is 274 g/mol. The summed E-state index contributed by atoms with van der Waals surface area (Å²) in [7, 11) is -3.03. The van der Waals surface area contributed by atoms with Gasteiger partial charge in [0.15, 0.2) is 9.84 Å². The average Bonchev–Trinajstić information content (AvgIpc) is 2.28. The van der Waals surface area contributed by atoms with Crippen LogP contribution in [0.5, 0.6) is 0 Å². The van der Waals surface area contributed by atoms with Crippen molar-refractivity contribution in [1.82, 2.24) is 0 Å². The van der Waals surface area contributed by atoms with Crippen LogP contribution in [0, 0.1) is 0 Å². The Bertz CT molecular complexity index is 610. The van der Waals surface area contributed by atoms with Crippen LogP contribution in [0.1, 0.15) is 5.56 Å². The van der Waals surface area contributed by atoms with Crippen LogP contribution in [0.4, 0.5) is 5.69 Å². The SMILES string of the molecule is CS(=O)(=O)Cc1cccc(N2C=NC(Cl)=NC2)c1. The van der Waals surface area contributed by atoms with Crippen molar-refractivity contribution >= 4 is 38.8 Å². The number of amidine groups is 1. The van der Waals surface area contributed by atoms with E-state index >= 15 is 0 Å². The second-order valence-electron chi connectivity index (χ2n) is 4.02. The zero-order valence-electron chi connectivity index (χ0n) is 9.75. The van der Waals surface area contributed by atoms with Crippen molar-refractivity contribution in [2.75, 3.05) is 17.8 Å². The zero-order chi connectivity index (χ0) is 13.2. The first-order valence-corrected chi connectivity index (χ1v) is 7.65. The van der Waals surface area contributed by atoms with Gasteiger partial charge in [-0.05, 0) is 29.3 Å². The van der Waals surface area contributed by atoms with Gasteiger partial charge in [-0.25, -0.2) is 18.4 Å². The molecule has 96 valence electrons. The summed E-state index contributed by atoms with van der Waals surface area (Å²) >= 11 is 5.63. The third kappa shape index (κ3) is 3.54. The minimum atomic E-state index is -3.03. The van der Waals surface area contributed by atoms with E-state index in [0.717, 1.165) is 11.3 Å². The van der Waals surface area contributed by atoms with Crippen molar-refractivity contribution in [3.63, 3.8) is 0 Å². The van der Waals surface area contributed by atoms with Crippen LogP contribution in [-0.4, -0.2) is 33.0 Å². The number of aliphatic imine (C=N–C) groups is 2. The molecule has 0 fully saturated rings. The minimum absolute atomic E-state index is 0.0237. The van der Waals surface area contributed by atoms with E-state index in [1.165, 1.54) is 6.26 Å². The van der Waals surface area contributed by atoms with Gasteiger partial charge in [0.25, 0.3) is 0 Å². The van der Waals surface area contributed by atoms with E-state index in [1.54, 1.807) is 17.3 Å². The predicted octanol–water partition coefficient (Wildman–Crippen LogP) is 1.63. The lowest BCUT2D eigenvalue weighted by atomic mass is 10.2. The first-order chi connectivity index (χ1) is 8.44. The van der Waals surface area contributed by atoms with Gasteiger partial charge in [-0.1, -0.05) is 12.1 Å². The molecule has 1 aliphatic rings. The van der Waals surface area contributed by atoms with E-state index in [0.29, 0.717) is 6.67 Å².